The zero-order valence-electron chi connectivity index (χ0n) is 12.2. The highest BCUT2D eigenvalue weighted by molar-refractivity contribution is 6.01. The molecule has 1 heterocycles. The second-order valence-electron chi connectivity index (χ2n) is 5.25. The highest BCUT2D eigenvalue weighted by Gasteiger charge is 2.34. The van der Waals surface area contributed by atoms with Gasteiger partial charge in [-0.15, -0.1) is 0 Å². The summed E-state index contributed by atoms with van der Waals surface area (Å²) in [7, 11) is 0. The Morgan fingerprint density at radius 3 is 2.70 bits per heavy atom. The van der Waals surface area contributed by atoms with Crippen LogP contribution >= 0.6 is 0 Å². The summed E-state index contributed by atoms with van der Waals surface area (Å²) >= 11 is 0. The highest BCUT2D eigenvalue weighted by Crippen LogP contribution is 2.36. The standard InChI is InChI=1S/C17H14FN3O2/c18-12-3-1-11(2-4-12)9-16-17(22)21(8-7-19)14-10-13(20)5-6-15(14)23-16/h1-6,10,16H,8-9,20H2. The van der Waals surface area contributed by atoms with Gasteiger partial charge in [0.1, 0.15) is 18.1 Å². The van der Waals surface area contributed by atoms with Crippen molar-refractivity contribution in [2.24, 2.45) is 0 Å². The van der Waals surface area contributed by atoms with Gasteiger partial charge in [0.2, 0.25) is 0 Å². The summed E-state index contributed by atoms with van der Waals surface area (Å²) in [4.78, 5) is 14.0. The van der Waals surface area contributed by atoms with Crippen LogP contribution in [0.25, 0.3) is 0 Å². The Hall–Kier alpha value is -3.07. The van der Waals surface area contributed by atoms with Crippen molar-refractivity contribution >= 4 is 17.3 Å². The van der Waals surface area contributed by atoms with Gasteiger partial charge in [0.25, 0.3) is 5.91 Å². The largest absolute Gasteiger partial charge is 0.478 e. The number of anilines is 2. The fourth-order valence-electron chi connectivity index (χ4n) is 2.54. The Bertz CT molecular complexity index is 783. The summed E-state index contributed by atoms with van der Waals surface area (Å²) in [5, 5.41) is 8.98. The van der Waals surface area contributed by atoms with Crippen molar-refractivity contribution in [1.82, 2.24) is 0 Å². The lowest BCUT2D eigenvalue weighted by Gasteiger charge is -2.33. The molecule has 0 radical (unpaired) electrons. The van der Waals surface area contributed by atoms with E-state index in [1.54, 1.807) is 30.3 Å². The number of nitrogens with zero attached hydrogens (tertiary/aromatic N) is 2. The maximum atomic E-state index is 13.0. The van der Waals surface area contributed by atoms with E-state index in [0.717, 1.165) is 5.56 Å². The summed E-state index contributed by atoms with van der Waals surface area (Å²) in [6.07, 6.45) is -0.463. The second-order valence-corrected chi connectivity index (χ2v) is 5.25. The van der Waals surface area contributed by atoms with Crippen molar-refractivity contribution in [3.8, 4) is 11.8 Å². The van der Waals surface area contributed by atoms with E-state index in [4.69, 9.17) is 15.7 Å². The summed E-state index contributed by atoms with van der Waals surface area (Å²) in [6.45, 7) is -0.0848. The van der Waals surface area contributed by atoms with Crippen molar-refractivity contribution in [1.29, 1.82) is 5.26 Å². The van der Waals surface area contributed by atoms with Crippen LogP contribution in [0.4, 0.5) is 15.8 Å². The molecular weight excluding hydrogens is 297 g/mol. The van der Waals surface area contributed by atoms with Gasteiger partial charge in [-0.05, 0) is 35.9 Å². The van der Waals surface area contributed by atoms with Crippen LogP contribution in [0.1, 0.15) is 5.56 Å². The van der Waals surface area contributed by atoms with E-state index in [-0.39, 0.29) is 18.3 Å². The molecule has 1 amide bonds. The summed E-state index contributed by atoms with van der Waals surface area (Å²) in [6, 6.07) is 12.8. The van der Waals surface area contributed by atoms with Gasteiger partial charge in [0.05, 0.1) is 11.8 Å². The van der Waals surface area contributed by atoms with Crippen LogP contribution in [-0.2, 0) is 11.2 Å². The molecule has 0 fully saturated rings. The van der Waals surface area contributed by atoms with Crippen LogP contribution in [0, 0.1) is 17.1 Å². The molecule has 5 nitrogen and oxygen atoms in total. The monoisotopic (exact) mass is 311 g/mol. The van der Waals surface area contributed by atoms with Crippen molar-refractivity contribution in [3.63, 3.8) is 0 Å². The number of halogens is 1. The molecule has 0 saturated carbocycles. The molecule has 1 aliphatic heterocycles. The molecule has 2 aromatic rings. The van der Waals surface area contributed by atoms with Crippen LogP contribution < -0.4 is 15.4 Å². The number of nitriles is 1. The fourth-order valence-corrected chi connectivity index (χ4v) is 2.54. The molecular formula is C17H14FN3O2. The predicted octanol–water partition coefficient (Wildman–Crippen LogP) is 2.27. The smallest absolute Gasteiger partial charge is 0.269 e. The maximum Gasteiger partial charge on any atom is 0.269 e. The van der Waals surface area contributed by atoms with Crippen LogP contribution in [0.2, 0.25) is 0 Å². The lowest BCUT2D eigenvalue weighted by molar-refractivity contribution is -0.126. The van der Waals surface area contributed by atoms with Crippen molar-refractivity contribution in [2.75, 3.05) is 17.2 Å². The van der Waals surface area contributed by atoms with E-state index < -0.39 is 6.10 Å². The molecule has 116 valence electrons. The number of ether oxygens (including phenoxy) is 1. The molecule has 2 aromatic carbocycles. The summed E-state index contributed by atoms with van der Waals surface area (Å²) in [5.41, 5.74) is 7.50. The van der Waals surface area contributed by atoms with Gasteiger partial charge in [-0.25, -0.2) is 4.39 Å². The molecule has 6 heteroatoms. The Morgan fingerprint density at radius 1 is 1.26 bits per heavy atom. The SMILES string of the molecule is N#CCN1C(=O)C(Cc2ccc(F)cc2)Oc2ccc(N)cc21. The highest BCUT2D eigenvalue weighted by atomic mass is 19.1. The maximum absolute atomic E-state index is 13.0. The Labute approximate surface area is 132 Å². The first kappa shape index (κ1) is 14.9. The Kier molecular flexibility index (Phi) is 3.85. The Morgan fingerprint density at radius 2 is 2.00 bits per heavy atom. The molecule has 1 atom stereocenters. The molecule has 3 rings (SSSR count). The molecule has 0 saturated heterocycles. The molecule has 1 unspecified atom stereocenters. The quantitative estimate of drug-likeness (QED) is 0.696. The number of nitrogen functional groups attached to an aromatic ring is 1. The average Bonchev–Trinajstić information content (AvgIpc) is 2.54. The number of hydrogen-bond donors (Lipinski definition) is 1. The third-order valence-corrected chi connectivity index (χ3v) is 3.65. The van der Waals surface area contributed by atoms with Crippen molar-refractivity contribution in [3.05, 3.63) is 53.8 Å². The first-order chi connectivity index (χ1) is 11.1. The minimum atomic E-state index is -0.759. The average molecular weight is 311 g/mol. The number of amides is 1. The number of nitrogens with two attached hydrogens (primary N) is 1. The van der Waals surface area contributed by atoms with E-state index in [1.165, 1.54) is 17.0 Å². The van der Waals surface area contributed by atoms with E-state index >= 15 is 0 Å². The van der Waals surface area contributed by atoms with Gasteiger partial charge < -0.3 is 10.5 Å². The number of carbonyl (C=O) groups excluding carboxylic acids is 1. The first-order valence-electron chi connectivity index (χ1n) is 7.07. The zero-order chi connectivity index (χ0) is 16.4. The lowest BCUT2D eigenvalue weighted by Crippen LogP contribution is -2.47. The van der Waals surface area contributed by atoms with E-state index in [9.17, 15) is 9.18 Å². The Balaban J connectivity index is 1.91. The number of carbonyl (C=O) groups is 1. The second kappa shape index (κ2) is 5.97. The minimum Gasteiger partial charge on any atom is -0.478 e. The van der Waals surface area contributed by atoms with Gasteiger partial charge in [-0.2, -0.15) is 5.26 Å². The van der Waals surface area contributed by atoms with Crippen LogP contribution in [0.15, 0.2) is 42.5 Å². The molecule has 0 aliphatic carbocycles. The topological polar surface area (TPSA) is 79.3 Å². The van der Waals surface area contributed by atoms with Crippen LogP contribution in [0.5, 0.6) is 5.75 Å². The molecule has 1 aliphatic rings. The number of fused-ring (bicyclic) bond motifs is 1. The molecule has 2 N–H and O–H groups in total. The molecule has 0 spiro atoms. The number of benzene rings is 2. The number of hydrogen-bond acceptors (Lipinski definition) is 4. The number of rotatable bonds is 3. The van der Waals surface area contributed by atoms with Gasteiger partial charge in [0, 0.05) is 12.1 Å². The lowest BCUT2D eigenvalue weighted by atomic mass is 10.0. The van der Waals surface area contributed by atoms with E-state index in [0.29, 0.717) is 23.5 Å². The fraction of sp³-hybridized carbons (Fsp3) is 0.176. The van der Waals surface area contributed by atoms with Gasteiger partial charge >= 0.3 is 0 Å². The van der Waals surface area contributed by atoms with Crippen molar-refractivity contribution < 1.29 is 13.9 Å². The minimum absolute atomic E-state index is 0.0848. The molecule has 0 bridgehead atoms. The van der Waals surface area contributed by atoms with E-state index in [1.807, 2.05) is 6.07 Å². The first-order valence-corrected chi connectivity index (χ1v) is 7.07. The predicted molar refractivity (Wildman–Crippen MR) is 83.3 cm³/mol. The van der Waals surface area contributed by atoms with Crippen LogP contribution in [0.3, 0.4) is 0 Å². The normalized spacial score (nSPS) is 16.4. The van der Waals surface area contributed by atoms with Crippen molar-refractivity contribution in [2.45, 2.75) is 12.5 Å². The van der Waals surface area contributed by atoms with E-state index in [2.05, 4.69) is 0 Å². The summed E-state index contributed by atoms with van der Waals surface area (Å²) < 4.78 is 18.7. The van der Waals surface area contributed by atoms with Crippen LogP contribution in [-0.4, -0.2) is 18.6 Å². The third-order valence-electron chi connectivity index (χ3n) is 3.65. The van der Waals surface area contributed by atoms with Gasteiger partial charge in [-0.1, -0.05) is 12.1 Å². The third kappa shape index (κ3) is 2.94. The summed E-state index contributed by atoms with van der Waals surface area (Å²) in [5.74, 6) is -0.147. The van der Waals surface area contributed by atoms with Gasteiger partial charge in [-0.3, -0.25) is 9.69 Å². The zero-order valence-corrected chi connectivity index (χ0v) is 12.2. The molecule has 0 aromatic heterocycles. The molecule has 23 heavy (non-hydrogen) atoms. The van der Waals surface area contributed by atoms with Gasteiger partial charge in [0.15, 0.2) is 6.10 Å².